The lowest BCUT2D eigenvalue weighted by Gasteiger charge is -2.47. The van der Waals surface area contributed by atoms with E-state index in [1.165, 1.54) is 36.1 Å². The van der Waals surface area contributed by atoms with E-state index in [4.69, 9.17) is 18.9 Å². The van der Waals surface area contributed by atoms with Gasteiger partial charge < -0.3 is 28.7 Å². The first kappa shape index (κ1) is 32.3. The van der Waals surface area contributed by atoms with E-state index in [1.54, 1.807) is 19.4 Å². The molecule has 0 spiro atoms. The number of amides is 1. The Balaban J connectivity index is 1.12. The van der Waals surface area contributed by atoms with E-state index in [-0.39, 0.29) is 25.6 Å². The van der Waals surface area contributed by atoms with Crippen molar-refractivity contribution in [2.45, 2.75) is 26.2 Å². The number of nitrogens with zero attached hydrogens (tertiary/aromatic N) is 2. The Morgan fingerprint density at radius 2 is 1.56 bits per heavy atom. The van der Waals surface area contributed by atoms with Crippen LogP contribution in [0, 0.1) is 11.2 Å². The Kier molecular flexibility index (Phi) is 9.43. The second-order valence-corrected chi connectivity index (χ2v) is 11.9. The largest absolute Gasteiger partial charge is 0.497 e. The monoisotopic (exact) mass is 650 g/mol. The number of carbonyl (C=O) groups excluding carboxylic acids is 3. The topological polar surface area (TPSA) is 94.6 Å². The second kappa shape index (κ2) is 14.0. The molecule has 0 aromatic heterocycles. The van der Waals surface area contributed by atoms with Crippen LogP contribution in [0.15, 0.2) is 115 Å². The summed E-state index contributed by atoms with van der Waals surface area (Å²) in [7, 11) is 1.60. The maximum atomic E-state index is 13.7. The van der Waals surface area contributed by atoms with Gasteiger partial charge in [0.1, 0.15) is 29.3 Å². The SMILES string of the molecule is COc1ccc2cc(OCC3(C(=O)OC(C)OC(=O)C4=CN(Cc5ccccc5)C=CC4)CN(C(=O)c4ccc(F)cc4)C3)ccc2c1. The molecule has 0 N–H and O–H groups in total. The van der Waals surface area contributed by atoms with E-state index in [1.807, 2.05) is 77.8 Å². The van der Waals surface area contributed by atoms with Crippen LogP contribution in [0.4, 0.5) is 4.39 Å². The predicted molar refractivity (Wildman–Crippen MR) is 176 cm³/mol. The van der Waals surface area contributed by atoms with Crippen LogP contribution in [-0.4, -0.2) is 60.7 Å². The van der Waals surface area contributed by atoms with Gasteiger partial charge in [0.05, 0.1) is 12.7 Å². The summed E-state index contributed by atoms with van der Waals surface area (Å²) < 4.78 is 36.1. The number of likely N-dealkylation sites (tertiary alicyclic amines) is 1. The summed E-state index contributed by atoms with van der Waals surface area (Å²) in [4.78, 5) is 43.2. The van der Waals surface area contributed by atoms with Gasteiger partial charge in [0.25, 0.3) is 5.91 Å². The van der Waals surface area contributed by atoms with Crippen molar-refractivity contribution in [3.05, 3.63) is 132 Å². The number of fused-ring (bicyclic) bond motifs is 1. The van der Waals surface area contributed by atoms with Gasteiger partial charge in [-0.3, -0.25) is 9.59 Å². The minimum atomic E-state index is -1.23. The van der Waals surface area contributed by atoms with Gasteiger partial charge in [-0.15, -0.1) is 0 Å². The zero-order valence-corrected chi connectivity index (χ0v) is 26.6. The molecule has 1 atom stereocenters. The number of benzene rings is 4. The van der Waals surface area contributed by atoms with Crippen LogP contribution in [-0.2, 0) is 25.6 Å². The molecule has 0 aliphatic carbocycles. The maximum Gasteiger partial charge on any atom is 0.338 e. The highest BCUT2D eigenvalue weighted by atomic mass is 19.1. The van der Waals surface area contributed by atoms with E-state index in [9.17, 15) is 18.8 Å². The fourth-order valence-electron chi connectivity index (χ4n) is 5.69. The second-order valence-electron chi connectivity index (χ2n) is 11.9. The highest BCUT2D eigenvalue weighted by Gasteiger charge is 2.54. The number of hydrogen-bond acceptors (Lipinski definition) is 8. The van der Waals surface area contributed by atoms with Gasteiger partial charge in [0.15, 0.2) is 0 Å². The van der Waals surface area contributed by atoms with E-state index >= 15 is 0 Å². The zero-order valence-electron chi connectivity index (χ0n) is 26.6. The van der Waals surface area contributed by atoms with Crippen molar-refractivity contribution in [2.75, 3.05) is 26.8 Å². The molecule has 1 unspecified atom stereocenters. The molecule has 1 fully saturated rings. The maximum absolute atomic E-state index is 13.7. The molecule has 4 aromatic carbocycles. The van der Waals surface area contributed by atoms with Gasteiger partial charge in [-0.05, 0) is 64.9 Å². The van der Waals surface area contributed by atoms with Crippen LogP contribution < -0.4 is 9.47 Å². The molecule has 0 bridgehead atoms. The summed E-state index contributed by atoms with van der Waals surface area (Å²) in [6.07, 6.45) is 4.67. The van der Waals surface area contributed by atoms with Crippen molar-refractivity contribution in [3.8, 4) is 11.5 Å². The molecule has 9 nitrogen and oxygen atoms in total. The van der Waals surface area contributed by atoms with Crippen LogP contribution in [0.25, 0.3) is 10.8 Å². The predicted octanol–water partition coefficient (Wildman–Crippen LogP) is 6.24. The number of allylic oxidation sites excluding steroid dienone is 1. The summed E-state index contributed by atoms with van der Waals surface area (Å²) in [5.41, 5.74) is 0.565. The molecule has 10 heteroatoms. The molecule has 0 radical (unpaired) electrons. The minimum absolute atomic E-state index is 0.00210. The Morgan fingerprint density at radius 3 is 2.27 bits per heavy atom. The minimum Gasteiger partial charge on any atom is -0.497 e. The number of ether oxygens (including phenoxy) is 4. The van der Waals surface area contributed by atoms with Gasteiger partial charge >= 0.3 is 11.9 Å². The Labute approximate surface area is 277 Å². The number of methoxy groups -OCH3 is 1. The van der Waals surface area contributed by atoms with Gasteiger partial charge in [-0.1, -0.05) is 48.5 Å². The number of hydrogen-bond donors (Lipinski definition) is 0. The molecular weight excluding hydrogens is 615 g/mol. The fraction of sp³-hybridized carbons (Fsp3) is 0.237. The van der Waals surface area contributed by atoms with Gasteiger partial charge in [-0.2, -0.15) is 0 Å². The van der Waals surface area contributed by atoms with Crippen LogP contribution >= 0.6 is 0 Å². The fourth-order valence-corrected chi connectivity index (χ4v) is 5.69. The molecule has 246 valence electrons. The number of carbonyl (C=O) groups is 3. The molecular formula is C38H35FN2O7. The molecule has 2 aliphatic rings. The average Bonchev–Trinajstić information content (AvgIpc) is 3.08. The van der Waals surface area contributed by atoms with Crippen LogP contribution in [0.2, 0.25) is 0 Å². The van der Waals surface area contributed by atoms with Crippen molar-refractivity contribution in [2.24, 2.45) is 5.41 Å². The third kappa shape index (κ3) is 7.33. The molecule has 2 heterocycles. The summed E-state index contributed by atoms with van der Waals surface area (Å²) in [5.74, 6) is -0.816. The van der Waals surface area contributed by atoms with Crippen molar-refractivity contribution in [1.82, 2.24) is 9.80 Å². The Bertz CT molecular complexity index is 1870. The van der Waals surface area contributed by atoms with Crippen molar-refractivity contribution >= 4 is 28.6 Å². The molecule has 4 aromatic rings. The van der Waals surface area contributed by atoms with Crippen molar-refractivity contribution < 1.29 is 37.7 Å². The lowest BCUT2D eigenvalue weighted by Crippen LogP contribution is -2.65. The summed E-state index contributed by atoms with van der Waals surface area (Å²) >= 11 is 0. The summed E-state index contributed by atoms with van der Waals surface area (Å²) in [5, 5.41) is 1.87. The Hall–Kier alpha value is -5.64. The quantitative estimate of drug-likeness (QED) is 0.139. The zero-order chi connectivity index (χ0) is 33.7. The van der Waals surface area contributed by atoms with Gasteiger partial charge in [-0.25, -0.2) is 9.18 Å². The lowest BCUT2D eigenvalue weighted by atomic mass is 9.80. The molecule has 1 saturated heterocycles. The first-order valence-electron chi connectivity index (χ1n) is 15.6. The average molecular weight is 651 g/mol. The van der Waals surface area contributed by atoms with Gasteiger partial charge in [0, 0.05) is 50.9 Å². The Morgan fingerprint density at radius 1 is 0.875 bits per heavy atom. The molecule has 48 heavy (non-hydrogen) atoms. The summed E-state index contributed by atoms with van der Waals surface area (Å²) in [6.45, 7) is 1.96. The third-order valence-corrected chi connectivity index (χ3v) is 8.30. The highest BCUT2D eigenvalue weighted by Crippen LogP contribution is 2.35. The number of esters is 2. The van der Waals surface area contributed by atoms with E-state index in [0.717, 1.165) is 22.1 Å². The lowest BCUT2D eigenvalue weighted by molar-refractivity contribution is -0.198. The first-order valence-corrected chi connectivity index (χ1v) is 15.6. The van der Waals surface area contributed by atoms with E-state index in [0.29, 0.717) is 29.9 Å². The molecule has 6 rings (SSSR count). The van der Waals surface area contributed by atoms with Crippen LogP contribution in [0.3, 0.4) is 0 Å². The first-order chi connectivity index (χ1) is 23.2. The van der Waals surface area contributed by atoms with Crippen molar-refractivity contribution in [1.29, 1.82) is 0 Å². The number of halogens is 1. The number of rotatable bonds is 11. The van der Waals surface area contributed by atoms with E-state index in [2.05, 4.69) is 0 Å². The standard InChI is InChI=1S/C38H35FN2O7/c1-26(47-36(43)31-9-6-18-40(22-31)21-27-7-4-3-5-8-27)48-37(44)38(23-41(24-38)35(42)28-10-14-32(39)15-11-28)25-46-34-17-13-29-19-33(45-2)16-12-30(29)20-34/h3-8,10-20,22,26H,9,21,23-25H2,1-2H3. The molecule has 0 saturated carbocycles. The van der Waals surface area contributed by atoms with Gasteiger partial charge in [0.2, 0.25) is 6.29 Å². The van der Waals surface area contributed by atoms with Crippen LogP contribution in [0.5, 0.6) is 11.5 Å². The van der Waals surface area contributed by atoms with Crippen LogP contribution in [0.1, 0.15) is 29.3 Å². The molecule has 1 amide bonds. The normalized spacial score (nSPS) is 15.6. The highest BCUT2D eigenvalue weighted by molar-refractivity contribution is 5.96. The van der Waals surface area contributed by atoms with Crippen molar-refractivity contribution in [3.63, 3.8) is 0 Å². The smallest absolute Gasteiger partial charge is 0.338 e. The third-order valence-electron chi connectivity index (χ3n) is 8.30. The summed E-state index contributed by atoms with van der Waals surface area (Å²) in [6, 6.07) is 26.3. The molecule has 2 aliphatic heterocycles. The van der Waals surface area contributed by atoms with E-state index < -0.39 is 29.5 Å².